The van der Waals surface area contributed by atoms with Crippen molar-refractivity contribution in [1.29, 1.82) is 0 Å². The molecule has 1 aromatic rings. The third-order valence-electron chi connectivity index (χ3n) is 6.04. The summed E-state index contributed by atoms with van der Waals surface area (Å²) in [6, 6.07) is 9.55. The predicted octanol–water partition coefficient (Wildman–Crippen LogP) is 3.34. The molecule has 1 amide bonds. The molecule has 0 radical (unpaired) electrons. The van der Waals surface area contributed by atoms with Gasteiger partial charge in [0.1, 0.15) is 0 Å². The maximum Gasteiger partial charge on any atom is 0.308 e. The molecule has 0 saturated heterocycles. The Bertz CT molecular complexity index is 632. The lowest BCUT2D eigenvalue weighted by Gasteiger charge is -2.43. The molecule has 1 aromatic carbocycles. The lowest BCUT2D eigenvalue weighted by atomic mass is 9.65. The van der Waals surface area contributed by atoms with E-state index in [0.29, 0.717) is 11.8 Å². The lowest BCUT2D eigenvalue weighted by Crippen LogP contribution is -2.49. The van der Waals surface area contributed by atoms with Gasteiger partial charge in [-0.05, 0) is 56.9 Å². The molecule has 2 fully saturated rings. The van der Waals surface area contributed by atoms with E-state index in [-0.39, 0.29) is 42.4 Å². The van der Waals surface area contributed by atoms with Crippen LogP contribution in [0.1, 0.15) is 64.0 Å². The molecule has 2 bridgehead atoms. The number of hydrogen-bond acceptors (Lipinski definition) is 4. The highest BCUT2D eigenvalue weighted by Crippen LogP contribution is 2.42. The highest BCUT2D eigenvalue weighted by molar-refractivity contribution is 5.80. The van der Waals surface area contributed by atoms with Gasteiger partial charge in [-0.2, -0.15) is 0 Å². The average Bonchev–Trinajstić information content (AvgIpc) is 2.61. The molecule has 0 aliphatic heterocycles. The second-order valence-electron chi connectivity index (χ2n) is 8.41. The molecule has 27 heavy (non-hydrogen) atoms. The van der Waals surface area contributed by atoms with Crippen LogP contribution in [0.25, 0.3) is 0 Å². The maximum absolute atomic E-state index is 13.0. The number of rotatable bonds is 6. The summed E-state index contributed by atoms with van der Waals surface area (Å²) >= 11 is 0. The molecule has 2 saturated carbocycles. The van der Waals surface area contributed by atoms with Gasteiger partial charge in [0, 0.05) is 12.0 Å². The standard InChI is InChI=1S/C22H32N2O3/c1-14(2)27-20(25)13-19(15-7-4-3-5-8-15)24-22(26)18-11-16-9-6-10-17(12-18)21(16)23/h3-5,7-8,14,16-19,21H,6,9-13,23H2,1-2H3,(H,24,26). The monoisotopic (exact) mass is 372 g/mol. The van der Waals surface area contributed by atoms with Gasteiger partial charge in [0.15, 0.2) is 0 Å². The second-order valence-corrected chi connectivity index (χ2v) is 8.41. The first-order valence-electron chi connectivity index (χ1n) is 10.2. The van der Waals surface area contributed by atoms with Gasteiger partial charge in [0.05, 0.1) is 18.6 Å². The highest BCUT2D eigenvalue weighted by atomic mass is 16.5. The number of amides is 1. The Kier molecular flexibility index (Phi) is 6.53. The van der Waals surface area contributed by atoms with E-state index in [1.54, 1.807) is 0 Å². The van der Waals surface area contributed by atoms with Crippen LogP contribution in [-0.2, 0) is 14.3 Å². The van der Waals surface area contributed by atoms with E-state index in [9.17, 15) is 9.59 Å². The molecule has 3 rings (SSSR count). The van der Waals surface area contributed by atoms with Crippen LogP contribution in [-0.4, -0.2) is 24.0 Å². The molecule has 3 atom stereocenters. The number of ether oxygens (including phenoxy) is 1. The number of fused-ring (bicyclic) bond motifs is 2. The summed E-state index contributed by atoms with van der Waals surface area (Å²) in [6.45, 7) is 3.66. The van der Waals surface area contributed by atoms with Crippen molar-refractivity contribution in [2.45, 2.75) is 70.6 Å². The van der Waals surface area contributed by atoms with Crippen LogP contribution in [0.5, 0.6) is 0 Å². The van der Waals surface area contributed by atoms with E-state index >= 15 is 0 Å². The van der Waals surface area contributed by atoms with Crippen molar-refractivity contribution < 1.29 is 14.3 Å². The van der Waals surface area contributed by atoms with Crippen molar-refractivity contribution in [1.82, 2.24) is 5.32 Å². The van der Waals surface area contributed by atoms with E-state index in [4.69, 9.17) is 10.5 Å². The normalized spacial score (nSPS) is 28.4. The number of benzene rings is 1. The zero-order valence-electron chi connectivity index (χ0n) is 16.4. The SMILES string of the molecule is CC(C)OC(=O)CC(NC(=O)C1CC2CCCC(C1)C2N)c1ccccc1. The summed E-state index contributed by atoms with van der Waals surface area (Å²) in [5, 5.41) is 3.13. The van der Waals surface area contributed by atoms with E-state index in [1.165, 1.54) is 6.42 Å². The van der Waals surface area contributed by atoms with Gasteiger partial charge < -0.3 is 15.8 Å². The summed E-state index contributed by atoms with van der Waals surface area (Å²) in [6.07, 6.45) is 5.19. The number of hydrogen-bond donors (Lipinski definition) is 2. The first-order chi connectivity index (χ1) is 12.9. The van der Waals surface area contributed by atoms with Crippen molar-refractivity contribution in [2.24, 2.45) is 23.5 Å². The molecule has 3 unspecified atom stereocenters. The molecule has 2 aliphatic carbocycles. The number of carbonyl (C=O) groups is 2. The fraction of sp³-hybridized carbons (Fsp3) is 0.636. The first-order valence-corrected chi connectivity index (χ1v) is 10.2. The first kappa shape index (κ1) is 19.9. The zero-order chi connectivity index (χ0) is 19.4. The third-order valence-corrected chi connectivity index (χ3v) is 6.04. The maximum atomic E-state index is 13.0. The van der Waals surface area contributed by atoms with Crippen LogP contribution in [0, 0.1) is 17.8 Å². The lowest BCUT2D eigenvalue weighted by molar-refractivity contribution is -0.148. The smallest absolute Gasteiger partial charge is 0.308 e. The third kappa shape index (κ3) is 5.10. The summed E-state index contributed by atoms with van der Waals surface area (Å²) in [5.41, 5.74) is 7.29. The van der Waals surface area contributed by atoms with Gasteiger partial charge >= 0.3 is 5.97 Å². The van der Waals surface area contributed by atoms with Crippen LogP contribution in [0.15, 0.2) is 30.3 Å². The quantitative estimate of drug-likeness (QED) is 0.751. The number of nitrogens with two attached hydrogens (primary N) is 1. The summed E-state index contributed by atoms with van der Waals surface area (Å²) in [4.78, 5) is 25.2. The molecule has 3 N–H and O–H groups in total. The van der Waals surface area contributed by atoms with Gasteiger partial charge in [-0.1, -0.05) is 36.8 Å². The summed E-state index contributed by atoms with van der Waals surface area (Å²) < 4.78 is 5.30. The largest absolute Gasteiger partial charge is 0.463 e. The summed E-state index contributed by atoms with van der Waals surface area (Å²) in [5.74, 6) is 0.655. The van der Waals surface area contributed by atoms with E-state index < -0.39 is 0 Å². The Labute approximate surface area is 162 Å². The second kappa shape index (κ2) is 8.87. The van der Waals surface area contributed by atoms with Crippen molar-refractivity contribution in [3.8, 4) is 0 Å². The van der Waals surface area contributed by atoms with Crippen molar-refractivity contribution in [3.63, 3.8) is 0 Å². The zero-order valence-corrected chi connectivity index (χ0v) is 16.4. The van der Waals surface area contributed by atoms with Crippen LogP contribution in [0.4, 0.5) is 0 Å². The Morgan fingerprint density at radius 3 is 2.37 bits per heavy atom. The summed E-state index contributed by atoms with van der Waals surface area (Å²) in [7, 11) is 0. The van der Waals surface area contributed by atoms with Gasteiger partial charge in [-0.25, -0.2) is 0 Å². The number of carbonyl (C=O) groups excluding carboxylic acids is 2. The van der Waals surface area contributed by atoms with Gasteiger partial charge in [-0.15, -0.1) is 0 Å². The Morgan fingerprint density at radius 2 is 1.78 bits per heavy atom. The van der Waals surface area contributed by atoms with Crippen LogP contribution < -0.4 is 11.1 Å². The molecule has 2 aliphatic rings. The molecular formula is C22H32N2O3. The number of nitrogens with one attached hydrogen (secondary N) is 1. The Hall–Kier alpha value is -1.88. The predicted molar refractivity (Wildman–Crippen MR) is 105 cm³/mol. The molecule has 0 heterocycles. The molecule has 0 aromatic heterocycles. The topological polar surface area (TPSA) is 81.4 Å². The minimum atomic E-state index is -0.361. The Balaban J connectivity index is 1.68. The Morgan fingerprint density at radius 1 is 1.15 bits per heavy atom. The van der Waals surface area contributed by atoms with E-state index in [1.807, 2.05) is 44.2 Å². The average molecular weight is 373 g/mol. The van der Waals surface area contributed by atoms with E-state index in [2.05, 4.69) is 5.32 Å². The van der Waals surface area contributed by atoms with Gasteiger partial charge in [0.25, 0.3) is 0 Å². The fourth-order valence-corrected chi connectivity index (χ4v) is 4.71. The van der Waals surface area contributed by atoms with Gasteiger partial charge in [-0.3, -0.25) is 9.59 Å². The minimum Gasteiger partial charge on any atom is -0.463 e. The van der Waals surface area contributed by atoms with E-state index in [0.717, 1.165) is 31.2 Å². The molecular weight excluding hydrogens is 340 g/mol. The highest BCUT2D eigenvalue weighted by Gasteiger charge is 2.41. The fourth-order valence-electron chi connectivity index (χ4n) is 4.71. The number of esters is 1. The molecule has 5 heteroatoms. The van der Waals surface area contributed by atoms with Crippen molar-refractivity contribution >= 4 is 11.9 Å². The van der Waals surface area contributed by atoms with Crippen LogP contribution >= 0.6 is 0 Å². The van der Waals surface area contributed by atoms with Crippen LogP contribution in [0.2, 0.25) is 0 Å². The minimum absolute atomic E-state index is 0.00701. The molecule has 148 valence electrons. The molecule has 0 spiro atoms. The van der Waals surface area contributed by atoms with Crippen molar-refractivity contribution in [3.05, 3.63) is 35.9 Å². The van der Waals surface area contributed by atoms with Gasteiger partial charge in [0.2, 0.25) is 5.91 Å². The van der Waals surface area contributed by atoms with Crippen LogP contribution in [0.3, 0.4) is 0 Å². The van der Waals surface area contributed by atoms with Crippen molar-refractivity contribution in [2.75, 3.05) is 0 Å². The molecule has 5 nitrogen and oxygen atoms in total.